The van der Waals surface area contributed by atoms with E-state index in [4.69, 9.17) is 10.5 Å². The Labute approximate surface area is 123 Å². The Morgan fingerprint density at radius 3 is 2.59 bits per heavy atom. The van der Waals surface area contributed by atoms with Gasteiger partial charge in [-0.1, -0.05) is 6.07 Å². The monoisotopic (exact) mass is 311 g/mol. The lowest BCUT2D eigenvalue weighted by Gasteiger charge is -2.17. The Balaban J connectivity index is 2.56. The lowest BCUT2D eigenvalue weighted by atomic mass is 9.94. The molecule has 2 heterocycles. The first kappa shape index (κ1) is 15.7. The Morgan fingerprint density at radius 2 is 2.00 bits per heavy atom. The molecule has 0 saturated carbocycles. The SMILES string of the molecule is COc1ncccc1C(C(N)=O)c1cc(C(F)(F)F)ccn1. The van der Waals surface area contributed by atoms with Gasteiger partial charge in [0.15, 0.2) is 0 Å². The molecular weight excluding hydrogens is 299 g/mol. The lowest BCUT2D eigenvalue weighted by molar-refractivity contribution is -0.137. The van der Waals surface area contributed by atoms with Crippen LogP contribution in [0.2, 0.25) is 0 Å². The number of rotatable bonds is 4. The average molecular weight is 311 g/mol. The first-order valence-corrected chi connectivity index (χ1v) is 6.16. The third kappa shape index (κ3) is 3.16. The van der Waals surface area contributed by atoms with Gasteiger partial charge in [0.2, 0.25) is 11.8 Å². The number of carbonyl (C=O) groups excluding carboxylic acids is 1. The Kier molecular flexibility index (Phi) is 4.30. The van der Waals surface area contributed by atoms with E-state index in [0.29, 0.717) is 0 Å². The van der Waals surface area contributed by atoms with Gasteiger partial charge in [0.25, 0.3) is 0 Å². The van der Waals surface area contributed by atoms with Gasteiger partial charge in [0.1, 0.15) is 5.92 Å². The summed E-state index contributed by atoms with van der Waals surface area (Å²) in [5, 5.41) is 0. The quantitative estimate of drug-likeness (QED) is 0.938. The first-order chi connectivity index (χ1) is 10.3. The molecule has 0 aliphatic carbocycles. The van der Waals surface area contributed by atoms with Crippen LogP contribution in [-0.2, 0) is 11.0 Å². The fourth-order valence-corrected chi connectivity index (χ4v) is 2.03. The highest BCUT2D eigenvalue weighted by Crippen LogP contribution is 2.33. The summed E-state index contributed by atoms with van der Waals surface area (Å²) in [6, 6.07) is 4.65. The van der Waals surface area contributed by atoms with Crippen LogP contribution in [0.15, 0.2) is 36.7 Å². The van der Waals surface area contributed by atoms with Crippen LogP contribution in [-0.4, -0.2) is 23.0 Å². The fraction of sp³-hybridized carbons (Fsp3) is 0.214. The van der Waals surface area contributed by atoms with Crippen LogP contribution < -0.4 is 10.5 Å². The smallest absolute Gasteiger partial charge is 0.416 e. The number of nitrogens with two attached hydrogens (primary N) is 1. The lowest BCUT2D eigenvalue weighted by Crippen LogP contribution is -2.24. The highest BCUT2D eigenvalue weighted by molar-refractivity contribution is 5.85. The van der Waals surface area contributed by atoms with Crippen LogP contribution in [0.3, 0.4) is 0 Å². The van der Waals surface area contributed by atoms with E-state index >= 15 is 0 Å². The molecule has 0 aromatic carbocycles. The standard InChI is InChI=1S/C14H12F3N3O2/c1-22-13-9(3-2-5-20-13)11(12(18)21)10-7-8(4-6-19-10)14(15,16)17/h2-7,11H,1H3,(H2,18,21). The van der Waals surface area contributed by atoms with Gasteiger partial charge in [-0.15, -0.1) is 0 Å². The second kappa shape index (κ2) is 6.00. The van der Waals surface area contributed by atoms with E-state index in [-0.39, 0.29) is 17.1 Å². The normalized spacial score (nSPS) is 12.7. The summed E-state index contributed by atoms with van der Waals surface area (Å²) in [5.74, 6) is -1.94. The third-order valence-corrected chi connectivity index (χ3v) is 2.99. The summed E-state index contributed by atoms with van der Waals surface area (Å²) in [7, 11) is 1.34. The predicted octanol–water partition coefficient (Wildman–Crippen LogP) is 2.12. The maximum absolute atomic E-state index is 12.8. The van der Waals surface area contributed by atoms with E-state index in [9.17, 15) is 18.0 Å². The van der Waals surface area contributed by atoms with Crippen LogP contribution in [0.4, 0.5) is 13.2 Å². The highest BCUT2D eigenvalue weighted by atomic mass is 19.4. The Morgan fingerprint density at radius 1 is 1.27 bits per heavy atom. The molecule has 2 rings (SSSR count). The van der Waals surface area contributed by atoms with Crippen molar-refractivity contribution in [1.82, 2.24) is 9.97 Å². The number of hydrogen-bond acceptors (Lipinski definition) is 4. The second-order valence-corrected chi connectivity index (χ2v) is 4.40. The number of alkyl halides is 3. The maximum atomic E-state index is 12.8. The van der Waals surface area contributed by atoms with Crippen LogP contribution in [0.25, 0.3) is 0 Å². The van der Waals surface area contributed by atoms with E-state index in [1.54, 1.807) is 0 Å². The van der Waals surface area contributed by atoms with E-state index in [1.807, 2.05) is 0 Å². The van der Waals surface area contributed by atoms with E-state index in [1.165, 1.54) is 25.4 Å². The Bertz CT molecular complexity index is 689. The molecule has 0 aliphatic heterocycles. The molecule has 0 aliphatic rings. The summed E-state index contributed by atoms with van der Waals surface area (Å²) in [4.78, 5) is 19.5. The number of primary amides is 1. The second-order valence-electron chi connectivity index (χ2n) is 4.40. The largest absolute Gasteiger partial charge is 0.481 e. The number of methoxy groups -OCH3 is 1. The van der Waals surface area contributed by atoms with E-state index in [2.05, 4.69) is 9.97 Å². The van der Waals surface area contributed by atoms with Gasteiger partial charge >= 0.3 is 6.18 Å². The molecule has 0 saturated heterocycles. The van der Waals surface area contributed by atoms with Gasteiger partial charge < -0.3 is 10.5 Å². The van der Waals surface area contributed by atoms with E-state index < -0.39 is 23.6 Å². The molecule has 22 heavy (non-hydrogen) atoms. The highest BCUT2D eigenvalue weighted by Gasteiger charge is 2.33. The van der Waals surface area contributed by atoms with Crippen molar-refractivity contribution in [2.24, 2.45) is 5.73 Å². The fourth-order valence-electron chi connectivity index (χ4n) is 2.03. The zero-order valence-corrected chi connectivity index (χ0v) is 11.5. The summed E-state index contributed by atoms with van der Waals surface area (Å²) in [6.07, 6.45) is -2.13. The average Bonchev–Trinajstić information content (AvgIpc) is 2.47. The number of hydrogen-bond donors (Lipinski definition) is 1. The third-order valence-electron chi connectivity index (χ3n) is 2.99. The number of nitrogens with zero attached hydrogens (tertiary/aromatic N) is 2. The predicted molar refractivity (Wildman–Crippen MR) is 71.1 cm³/mol. The van der Waals surface area contributed by atoms with Crippen molar-refractivity contribution in [1.29, 1.82) is 0 Å². The minimum Gasteiger partial charge on any atom is -0.481 e. The molecule has 2 aromatic heterocycles. The van der Waals surface area contributed by atoms with Crippen LogP contribution >= 0.6 is 0 Å². The van der Waals surface area contributed by atoms with Crippen LogP contribution in [0.5, 0.6) is 5.88 Å². The molecular formula is C14H12F3N3O2. The minimum absolute atomic E-state index is 0.102. The minimum atomic E-state index is -4.54. The Hall–Kier alpha value is -2.64. The molecule has 0 bridgehead atoms. The molecule has 0 fully saturated rings. The topological polar surface area (TPSA) is 78.1 Å². The van der Waals surface area contributed by atoms with Gasteiger partial charge in [-0.3, -0.25) is 9.78 Å². The van der Waals surface area contributed by atoms with Gasteiger partial charge in [0.05, 0.1) is 18.4 Å². The zero-order chi connectivity index (χ0) is 16.3. The maximum Gasteiger partial charge on any atom is 0.416 e. The van der Waals surface area contributed by atoms with E-state index in [0.717, 1.165) is 18.3 Å². The summed E-state index contributed by atoms with van der Waals surface area (Å²) < 4.78 is 43.4. The van der Waals surface area contributed by atoms with Crippen LogP contribution in [0.1, 0.15) is 22.7 Å². The number of pyridine rings is 2. The molecule has 8 heteroatoms. The summed E-state index contributed by atoms with van der Waals surface area (Å²) >= 11 is 0. The summed E-state index contributed by atoms with van der Waals surface area (Å²) in [6.45, 7) is 0. The summed E-state index contributed by atoms with van der Waals surface area (Å²) in [5.41, 5.74) is 4.57. The molecule has 0 spiro atoms. The van der Waals surface area contributed by atoms with Crippen molar-refractivity contribution in [3.8, 4) is 5.88 Å². The van der Waals surface area contributed by atoms with Crippen molar-refractivity contribution in [2.75, 3.05) is 7.11 Å². The number of aromatic nitrogens is 2. The molecule has 0 radical (unpaired) electrons. The number of ether oxygens (including phenoxy) is 1. The number of carbonyl (C=O) groups is 1. The zero-order valence-electron chi connectivity index (χ0n) is 11.5. The number of halogens is 3. The van der Waals surface area contributed by atoms with Gasteiger partial charge in [0, 0.05) is 18.0 Å². The van der Waals surface area contributed by atoms with Crippen molar-refractivity contribution in [3.05, 3.63) is 53.5 Å². The van der Waals surface area contributed by atoms with Crippen LogP contribution in [0, 0.1) is 0 Å². The number of amides is 1. The molecule has 2 N–H and O–H groups in total. The molecule has 5 nitrogen and oxygen atoms in total. The first-order valence-electron chi connectivity index (χ1n) is 6.16. The molecule has 116 valence electrons. The van der Waals surface area contributed by atoms with Gasteiger partial charge in [-0.25, -0.2) is 4.98 Å². The van der Waals surface area contributed by atoms with Gasteiger partial charge in [-0.05, 0) is 18.2 Å². The van der Waals surface area contributed by atoms with Gasteiger partial charge in [-0.2, -0.15) is 13.2 Å². The van der Waals surface area contributed by atoms with Crippen molar-refractivity contribution in [2.45, 2.75) is 12.1 Å². The van der Waals surface area contributed by atoms with Crippen molar-refractivity contribution in [3.63, 3.8) is 0 Å². The molecule has 1 amide bonds. The molecule has 1 unspecified atom stereocenters. The molecule has 2 aromatic rings. The van der Waals surface area contributed by atoms with Crippen molar-refractivity contribution >= 4 is 5.91 Å². The van der Waals surface area contributed by atoms with Crippen molar-refractivity contribution < 1.29 is 22.7 Å². The molecule has 1 atom stereocenters.